The van der Waals surface area contributed by atoms with Gasteiger partial charge in [0.05, 0.1) is 39.3 Å². The first-order valence-corrected chi connectivity index (χ1v) is 21.8. The van der Waals surface area contributed by atoms with Crippen LogP contribution in [0.2, 0.25) is 0 Å². The van der Waals surface area contributed by atoms with Crippen LogP contribution in [-0.2, 0) is 0 Å². The van der Waals surface area contributed by atoms with Crippen molar-refractivity contribution in [1.82, 2.24) is 9.80 Å². The molecule has 6 aromatic carbocycles. The molecule has 0 radical (unpaired) electrons. The molecule has 0 fully saturated rings. The van der Waals surface area contributed by atoms with E-state index >= 15 is 0 Å². The second-order valence-electron chi connectivity index (χ2n) is 15.6. The van der Waals surface area contributed by atoms with E-state index in [9.17, 15) is 0 Å². The van der Waals surface area contributed by atoms with Gasteiger partial charge in [0, 0.05) is 76.6 Å². The summed E-state index contributed by atoms with van der Waals surface area (Å²) in [5.74, 6) is 0. The zero-order chi connectivity index (χ0) is 42.0. The van der Waals surface area contributed by atoms with E-state index in [1.807, 2.05) is 37.3 Å². The molecule has 0 aliphatic carbocycles. The van der Waals surface area contributed by atoms with Gasteiger partial charge in [-0.05, 0) is 85.0 Å². The summed E-state index contributed by atoms with van der Waals surface area (Å²) in [7, 11) is 0. The number of hydrogen-bond acceptors (Lipinski definition) is 8. The summed E-state index contributed by atoms with van der Waals surface area (Å²) < 4.78 is 0. The average molecular weight is 815 g/mol. The van der Waals surface area contributed by atoms with Crippen molar-refractivity contribution in [3.05, 3.63) is 179 Å². The molecule has 310 valence electrons. The first-order chi connectivity index (χ1) is 30.7. The molecule has 14 bridgehead atoms. The van der Waals surface area contributed by atoms with Gasteiger partial charge in [-0.2, -0.15) is 0 Å². The van der Waals surface area contributed by atoms with Gasteiger partial charge in [0.25, 0.3) is 0 Å². The van der Waals surface area contributed by atoms with Crippen molar-refractivity contribution >= 4 is 37.3 Å². The second-order valence-corrected chi connectivity index (χ2v) is 15.6. The zero-order valence-electron chi connectivity index (χ0n) is 35.4. The highest BCUT2D eigenvalue weighted by Gasteiger charge is 2.07. The zero-order valence-corrected chi connectivity index (χ0v) is 35.4. The van der Waals surface area contributed by atoms with Gasteiger partial charge in [-0.1, -0.05) is 127 Å². The number of hydrogen-bond donors (Lipinski definition) is 0. The molecular formula is C54H54N8. The van der Waals surface area contributed by atoms with Gasteiger partial charge >= 0.3 is 0 Å². The standard InChI is InChI=1S/C54H54N8/c1-4-46-34-52(7-1)49-16-10-43(11-17-49)37-55-22-28-61-29-23-56-38-44-12-18-50(19-13-44)53-8-2-5-47(35-53)41-59-26-32-62(31-25-58-40-46)33-27-60-42-48-6-3-9-54(36-48)51-20-14-45(15-21-51)39-57-24-30-61/h1-21,34-42H,22-33H2. The Hall–Kier alpha value is -6.74. The van der Waals surface area contributed by atoms with Gasteiger partial charge in [0.2, 0.25) is 0 Å². The molecule has 15 rings (SSSR count). The van der Waals surface area contributed by atoms with Crippen molar-refractivity contribution < 1.29 is 0 Å². The minimum Gasteiger partial charge on any atom is -0.298 e. The molecule has 62 heavy (non-hydrogen) atoms. The summed E-state index contributed by atoms with van der Waals surface area (Å²) in [6.45, 7) is 9.04. The molecule has 0 amide bonds. The Bertz CT molecular complexity index is 2250. The van der Waals surface area contributed by atoms with Crippen LogP contribution >= 0.6 is 0 Å². The van der Waals surface area contributed by atoms with Crippen LogP contribution in [0.4, 0.5) is 0 Å². The van der Waals surface area contributed by atoms with Gasteiger partial charge in [-0.3, -0.25) is 39.8 Å². The van der Waals surface area contributed by atoms with Crippen LogP contribution in [0.15, 0.2) is 176 Å². The topological polar surface area (TPSA) is 80.6 Å². The van der Waals surface area contributed by atoms with Crippen LogP contribution < -0.4 is 0 Å². The highest BCUT2D eigenvalue weighted by molar-refractivity contribution is 5.86. The molecule has 9 heterocycles. The van der Waals surface area contributed by atoms with Crippen molar-refractivity contribution in [1.29, 1.82) is 0 Å². The Morgan fingerprint density at radius 1 is 0.242 bits per heavy atom. The van der Waals surface area contributed by atoms with Gasteiger partial charge in [0.15, 0.2) is 0 Å². The maximum Gasteiger partial charge on any atom is 0.0517 e. The number of rotatable bonds is 0. The van der Waals surface area contributed by atoms with Crippen molar-refractivity contribution in [2.24, 2.45) is 30.0 Å². The fraction of sp³-hybridized carbons (Fsp3) is 0.222. The minimum atomic E-state index is 0.683. The van der Waals surface area contributed by atoms with Crippen LogP contribution in [0.25, 0.3) is 33.4 Å². The Morgan fingerprint density at radius 2 is 0.484 bits per heavy atom. The molecule has 0 unspecified atom stereocenters. The molecule has 8 nitrogen and oxygen atoms in total. The molecule has 0 aromatic heterocycles. The molecule has 6 aromatic rings. The smallest absolute Gasteiger partial charge is 0.0517 e. The molecule has 0 N–H and O–H groups in total. The molecule has 8 heteroatoms. The first-order valence-electron chi connectivity index (χ1n) is 21.8. The Kier molecular flexibility index (Phi) is 15.0. The quantitative estimate of drug-likeness (QED) is 0.153. The molecule has 0 saturated carbocycles. The predicted molar refractivity (Wildman–Crippen MR) is 263 cm³/mol. The largest absolute Gasteiger partial charge is 0.298 e. The summed E-state index contributed by atoms with van der Waals surface area (Å²) in [6, 6.07) is 51.6. The van der Waals surface area contributed by atoms with Crippen LogP contribution in [0.5, 0.6) is 0 Å². The van der Waals surface area contributed by atoms with E-state index in [0.717, 1.165) is 89.3 Å². The van der Waals surface area contributed by atoms with Crippen LogP contribution in [0.3, 0.4) is 0 Å². The Balaban J connectivity index is 1.09. The fourth-order valence-corrected chi connectivity index (χ4v) is 7.57. The summed E-state index contributed by atoms with van der Waals surface area (Å²) in [5.41, 5.74) is 13.5. The van der Waals surface area contributed by atoms with Crippen molar-refractivity contribution in [2.45, 2.75) is 0 Å². The lowest BCUT2D eigenvalue weighted by atomic mass is 10.0. The van der Waals surface area contributed by atoms with E-state index in [4.69, 9.17) is 30.0 Å². The summed E-state index contributed by atoms with van der Waals surface area (Å²) in [4.78, 5) is 33.9. The van der Waals surface area contributed by atoms with Gasteiger partial charge in [-0.25, -0.2) is 0 Å². The van der Waals surface area contributed by atoms with Crippen molar-refractivity contribution in [2.75, 3.05) is 78.5 Å². The van der Waals surface area contributed by atoms with Crippen LogP contribution in [-0.4, -0.2) is 126 Å². The highest BCUT2D eigenvalue weighted by atomic mass is 15.2. The summed E-state index contributed by atoms with van der Waals surface area (Å²) in [5, 5.41) is 0. The van der Waals surface area contributed by atoms with Gasteiger partial charge in [-0.15, -0.1) is 0 Å². The molecule has 0 atom stereocenters. The number of benzene rings is 6. The fourth-order valence-electron chi connectivity index (χ4n) is 7.57. The second kappa shape index (κ2) is 22.2. The monoisotopic (exact) mass is 814 g/mol. The third kappa shape index (κ3) is 12.6. The Morgan fingerprint density at radius 3 is 0.742 bits per heavy atom. The number of nitrogens with zero attached hydrogens (tertiary/aromatic N) is 8. The van der Waals surface area contributed by atoms with Crippen LogP contribution in [0, 0.1) is 0 Å². The van der Waals surface area contributed by atoms with Gasteiger partial charge < -0.3 is 0 Å². The first kappa shape index (κ1) is 42.0. The summed E-state index contributed by atoms with van der Waals surface area (Å²) >= 11 is 0. The van der Waals surface area contributed by atoms with E-state index in [0.29, 0.717) is 39.3 Å². The Labute approximate surface area is 366 Å². The lowest BCUT2D eigenvalue weighted by Gasteiger charge is -2.19. The third-order valence-corrected chi connectivity index (χ3v) is 11.1. The minimum absolute atomic E-state index is 0.683. The highest BCUT2D eigenvalue weighted by Crippen LogP contribution is 2.23. The van der Waals surface area contributed by atoms with Gasteiger partial charge in [0.1, 0.15) is 0 Å². The van der Waals surface area contributed by atoms with E-state index in [2.05, 4.69) is 155 Å². The molecular weight excluding hydrogens is 761 g/mol. The number of aliphatic imine (C=N–C) groups is 6. The van der Waals surface area contributed by atoms with Crippen molar-refractivity contribution in [3.63, 3.8) is 0 Å². The third-order valence-electron chi connectivity index (χ3n) is 11.1. The van der Waals surface area contributed by atoms with E-state index in [-0.39, 0.29) is 0 Å². The molecule has 9 aliphatic heterocycles. The molecule has 0 saturated heterocycles. The lowest BCUT2D eigenvalue weighted by molar-refractivity contribution is 0.298. The average Bonchev–Trinajstić information content (AvgIpc) is 3.32. The maximum absolute atomic E-state index is 4.88. The van der Waals surface area contributed by atoms with E-state index in [1.54, 1.807) is 0 Å². The summed E-state index contributed by atoms with van der Waals surface area (Å²) in [6.07, 6.45) is 11.9. The van der Waals surface area contributed by atoms with Crippen LogP contribution in [0.1, 0.15) is 33.4 Å². The molecule has 0 spiro atoms. The van der Waals surface area contributed by atoms with E-state index in [1.165, 1.54) is 16.7 Å². The lowest BCUT2D eigenvalue weighted by Crippen LogP contribution is -2.31. The van der Waals surface area contributed by atoms with Crippen molar-refractivity contribution in [3.8, 4) is 33.4 Å². The maximum atomic E-state index is 4.88. The normalized spacial score (nSPS) is 17.8. The molecule has 9 aliphatic rings. The SMILES string of the molecule is C1=NCCN2CCN=Cc3ccc(cc3)-c3cccc(c3)C=NCCN(CCN=Cc3cccc(c3)-c3ccc1cc3)CCN=Cc1cccc(c1)-c1ccc(cc1)C=NCC2. The predicted octanol–water partition coefficient (Wildman–Crippen LogP) is 9.23. The van der Waals surface area contributed by atoms with E-state index < -0.39 is 0 Å².